The first-order valence-electron chi connectivity index (χ1n) is 13.3. The second kappa shape index (κ2) is 12.3. The topological polar surface area (TPSA) is 52.6 Å². The number of piperazine rings is 1. The van der Waals surface area contributed by atoms with Crippen LogP contribution in [0.3, 0.4) is 0 Å². The van der Waals surface area contributed by atoms with Gasteiger partial charge >= 0.3 is 0 Å². The third-order valence-corrected chi connectivity index (χ3v) is 7.76. The summed E-state index contributed by atoms with van der Waals surface area (Å²) in [6, 6.07) is 15.0. The molecule has 4 rings (SSSR count). The van der Waals surface area contributed by atoms with Gasteiger partial charge in [-0.3, -0.25) is 14.5 Å². The average molecular weight is 464 g/mol. The molecule has 0 unspecified atom stereocenters. The molecule has 0 radical (unpaired) electrons. The molecule has 0 spiro atoms. The van der Waals surface area contributed by atoms with E-state index in [2.05, 4.69) is 59.7 Å². The van der Waals surface area contributed by atoms with E-state index in [0.29, 0.717) is 12.3 Å². The van der Waals surface area contributed by atoms with E-state index in [9.17, 15) is 9.59 Å². The van der Waals surface area contributed by atoms with Gasteiger partial charge in [0.25, 0.3) is 0 Å². The minimum Gasteiger partial charge on any atom is -0.356 e. The number of nitrogens with one attached hydrogen (secondary N) is 1. The Kier molecular flexibility index (Phi) is 8.97. The summed E-state index contributed by atoms with van der Waals surface area (Å²) in [6.07, 6.45) is 10.6. The predicted molar refractivity (Wildman–Crippen MR) is 139 cm³/mol. The molecule has 1 aliphatic heterocycles. The van der Waals surface area contributed by atoms with Gasteiger partial charge in [-0.05, 0) is 67.8 Å². The zero-order valence-corrected chi connectivity index (χ0v) is 20.8. The van der Waals surface area contributed by atoms with Crippen LogP contribution in [0.5, 0.6) is 0 Å². The summed E-state index contributed by atoms with van der Waals surface area (Å²) in [5.41, 5.74) is 1.28. The molecule has 1 atom stereocenters. The van der Waals surface area contributed by atoms with Crippen molar-refractivity contribution in [3.05, 3.63) is 48.0 Å². The van der Waals surface area contributed by atoms with Crippen LogP contribution in [-0.2, 0) is 16.0 Å². The molecular weight excluding hydrogens is 422 g/mol. The third kappa shape index (κ3) is 6.82. The molecule has 1 aliphatic carbocycles. The highest BCUT2D eigenvalue weighted by Crippen LogP contribution is 2.26. The molecule has 1 heterocycles. The Hall–Kier alpha value is -2.40. The Balaban J connectivity index is 1.17. The molecule has 1 saturated heterocycles. The van der Waals surface area contributed by atoms with Crippen molar-refractivity contribution in [2.75, 3.05) is 33.2 Å². The fourth-order valence-electron chi connectivity index (χ4n) is 5.58. The number of unbranched alkanes of at least 4 members (excludes halogenated alkanes) is 1. The molecule has 5 heteroatoms. The van der Waals surface area contributed by atoms with Gasteiger partial charge in [-0.1, -0.05) is 61.7 Å². The van der Waals surface area contributed by atoms with Gasteiger partial charge in [0.15, 0.2) is 0 Å². The van der Waals surface area contributed by atoms with E-state index in [1.807, 2.05) is 4.90 Å². The summed E-state index contributed by atoms with van der Waals surface area (Å²) in [4.78, 5) is 29.6. The maximum Gasteiger partial charge on any atom is 0.239 e. The van der Waals surface area contributed by atoms with Crippen LogP contribution < -0.4 is 5.32 Å². The van der Waals surface area contributed by atoms with Crippen LogP contribution in [0.2, 0.25) is 0 Å². The molecule has 34 heavy (non-hydrogen) atoms. The lowest BCUT2D eigenvalue weighted by molar-refractivity contribution is -0.141. The van der Waals surface area contributed by atoms with Crippen molar-refractivity contribution in [2.24, 2.45) is 5.92 Å². The highest BCUT2D eigenvalue weighted by atomic mass is 16.2. The SMILES string of the molecule is CN1CCN(CCc2ccc3ccccc3c2)C(=O)[C@@H]1CCCCNC(=O)CC1CCCCC1. The molecule has 0 aromatic heterocycles. The number of hydrogen-bond donors (Lipinski definition) is 1. The maximum atomic E-state index is 13.2. The number of amides is 2. The van der Waals surface area contributed by atoms with Crippen molar-refractivity contribution < 1.29 is 9.59 Å². The molecule has 184 valence electrons. The van der Waals surface area contributed by atoms with Gasteiger partial charge in [0.1, 0.15) is 0 Å². The van der Waals surface area contributed by atoms with Crippen LogP contribution in [-0.4, -0.2) is 60.9 Å². The maximum absolute atomic E-state index is 13.2. The molecule has 1 saturated carbocycles. The van der Waals surface area contributed by atoms with E-state index in [0.717, 1.165) is 51.9 Å². The lowest BCUT2D eigenvalue weighted by Gasteiger charge is -2.39. The Bertz CT molecular complexity index is 953. The fraction of sp³-hybridized carbons (Fsp3) is 0.586. The van der Waals surface area contributed by atoms with Crippen molar-refractivity contribution in [3.8, 4) is 0 Å². The summed E-state index contributed by atoms with van der Waals surface area (Å²) >= 11 is 0. The summed E-state index contributed by atoms with van der Waals surface area (Å²) in [6.45, 7) is 3.23. The van der Waals surface area contributed by atoms with Gasteiger partial charge < -0.3 is 10.2 Å². The van der Waals surface area contributed by atoms with E-state index < -0.39 is 0 Å². The van der Waals surface area contributed by atoms with Gasteiger partial charge in [-0.15, -0.1) is 0 Å². The number of benzene rings is 2. The second-order valence-electron chi connectivity index (χ2n) is 10.3. The Morgan fingerprint density at radius 1 is 1.00 bits per heavy atom. The van der Waals surface area contributed by atoms with E-state index >= 15 is 0 Å². The molecule has 2 aliphatic rings. The second-order valence-corrected chi connectivity index (χ2v) is 10.3. The average Bonchev–Trinajstić information content (AvgIpc) is 2.85. The first-order chi connectivity index (χ1) is 16.6. The van der Waals surface area contributed by atoms with Gasteiger partial charge in [-0.2, -0.15) is 0 Å². The number of likely N-dealkylation sites (N-methyl/N-ethyl adjacent to an activating group) is 1. The van der Waals surface area contributed by atoms with Crippen LogP contribution in [0.25, 0.3) is 10.8 Å². The van der Waals surface area contributed by atoms with E-state index in [4.69, 9.17) is 0 Å². The Morgan fingerprint density at radius 2 is 1.79 bits per heavy atom. The van der Waals surface area contributed by atoms with Crippen LogP contribution in [0, 0.1) is 5.92 Å². The zero-order chi connectivity index (χ0) is 23.8. The Morgan fingerprint density at radius 3 is 2.62 bits per heavy atom. The first kappa shape index (κ1) is 24.7. The minimum absolute atomic E-state index is 0.0386. The van der Waals surface area contributed by atoms with Crippen LogP contribution in [0.15, 0.2) is 42.5 Å². The predicted octanol–water partition coefficient (Wildman–Crippen LogP) is 4.78. The van der Waals surface area contributed by atoms with Crippen LogP contribution in [0.1, 0.15) is 63.4 Å². The lowest BCUT2D eigenvalue weighted by atomic mass is 9.87. The third-order valence-electron chi connectivity index (χ3n) is 7.76. The van der Waals surface area contributed by atoms with Crippen LogP contribution >= 0.6 is 0 Å². The molecule has 1 N–H and O–H groups in total. The van der Waals surface area contributed by atoms with E-state index in [-0.39, 0.29) is 17.9 Å². The quantitative estimate of drug-likeness (QED) is 0.516. The number of hydrogen-bond acceptors (Lipinski definition) is 3. The standard InChI is InChI=1S/C29H41N3O2/c1-31-19-20-32(18-16-24-14-15-25-11-5-6-12-26(25)21-24)29(34)27(31)13-7-8-17-30-28(33)22-23-9-3-2-4-10-23/h5-6,11-12,14-15,21,23,27H,2-4,7-10,13,16-20,22H2,1H3,(H,30,33)/t27-/m0/s1. The number of carbonyl (C=O) groups is 2. The van der Waals surface area contributed by atoms with Crippen LogP contribution in [0.4, 0.5) is 0 Å². The minimum atomic E-state index is -0.0386. The normalized spacial score (nSPS) is 20.1. The highest BCUT2D eigenvalue weighted by Gasteiger charge is 2.31. The number of fused-ring (bicyclic) bond motifs is 1. The first-order valence-corrected chi connectivity index (χ1v) is 13.3. The molecule has 2 aromatic carbocycles. The monoisotopic (exact) mass is 463 g/mol. The van der Waals surface area contributed by atoms with E-state index in [1.165, 1.54) is 48.4 Å². The smallest absolute Gasteiger partial charge is 0.239 e. The van der Waals surface area contributed by atoms with Crippen molar-refractivity contribution in [3.63, 3.8) is 0 Å². The zero-order valence-electron chi connectivity index (χ0n) is 20.8. The number of nitrogens with zero attached hydrogens (tertiary/aromatic N) is 2. The largest absolute Gasteiger partial charge is 0.356 e. The number of carbonyl (C=O) groups excluding carboxylic acids is 2. The molecule has 5 nitrogen and oxygen atoms in total. The fourth-order valence-corrected chi connectivity index (χ4v) is 5.58. The number of rotatable bonds is 10. The van der Waals surface area contributed by atoms with Gasteiger partial charge in [-0.25, -0.2) is 0 Å². The van der Waals surface area contributed by atoms with Crippen molar-refractivity contribution in [1.29, 1.82) is 0 Å². The summed E-state index contributed by atoms with van der Waals surface area (Å²) in [5.74, 6) is 1.05. The summed E-state index contributed by atoms with van der Waals surface area (Å²) in [7, 11) is 2.06. The van der Waals surface area contributed by atoms with Crippen molar-refractivity contribution >= 4 is 22.6 Å². The highest BCUT2D eigenvalue weighted by molar-refractivity contribution is 5.83. The molecule has 2 aromatic rings. The Labute approximate surface area is 204 Å². The lowest BCUT2D eigenvalue weighted by Crippen LogP contribution is -2.55. The van der Waals surface area contributed by atoms with Crippen molar-refractivity contribution in [2.45, 2.75) is 70.3 Å². The summed E-state index contributed by atoms with van der Waals surface area (Å²) < 4.78 is 0. The van der Waals surface area contributed by atoms with E-state index in [1.54, 1.807) is 0 Å². The van der Waals surface area contributed by atoms with Gasteiger partial charge in [0.2, 0.25) is 11.8 Å². The molecular formula is C29H41N3O2. The van der Waals surface area contributed by atoms with Crippen molar-refractivity contribution in [1.82, 2.24) is 15.1 Å². The molecule has 2 fully saturated rings. The molecule has 0 bridgehead atoms. The van der Waals surface area contributed by atoms with Gasteiger partial charge in [0, 0.05) is 32.6 Å². The summed E-state index contributed by atoms with van der Waals surface area (Å²) in [5, 5.41) is 5.62. The molecule has 2 amide bonds. The van der Waals surface area contributed by atoms with Gasteiger partial charge in [0.05, 0.1) is 6.04 Å².